The Morgan fingerprint density at radius 1 is 1.05 bits per heavy atom. The van der Waals surface area contributed by atoms with Crippen molar-refractivity contribution in [1.29, 1.82) is 0 Å². The molecule has 0 bridgehead atoms. The van der Waals surface area contributed by atoms with E-state index in [1.165, 1.54) is 6.08 Å². The van der Waals surface area contributed by atoms with Crippen molar-refractivity contribution in [1.82, 2.24) is 0 Å². The van der Waals surface area contributed by atoms with E-state index in [4.69, 9.17) is 0 Å². The van der Waals surface area contributed by atoms with Crippen LogP contribution in [0, 0.1) is 0 Å². The molecule has 0 saturated heterocycles. The molecule has 0 radical (unpaired) electrons. The van der Waals surface area contributed by atoms with Crippen molar-refractivity contribution in [2.75, 3.05) is 5.32 Å². The predicted molar refractivity (Wildman–Crippen MR) is 76.2 cm³/mol. The van der Waals surface area contributed by atoms with Crippen molar-refractivity contribution in [3.63, 3.8) is 0 Å². The Bertz CT molecular complexity index is 571. The Morgan fingerprint density at radius 2 is 1.58 bits per heavy atom. The maximum absolute atomic E-state index is 11.1. The fourth-order valence-corrected chi connectivity index (χ4v) is 1.75. The number of rotatable bonds is 4. The zero-order valence-corrected chi connectivity index (χ0v) is 10.5. The Labute approximate surface area is 112 Å². The molecule has 0 aliphatic rings. The zero-order chi connectivity index (χ0) is 13.7. The maximum Gasteiger partial charge on any atom is 0.247 e. The highest BCUT2D eigenvalue weighted by Gasteiger charge is 1.99. The second-order valence-electron chi connectivity index (χ2n) is 4.23. The van der Waals surface area contributed by atoms with E-state index < -0.39 is 0 Å². The van der Waals surface area contributed by atoms with E-state index in [0.717, 1.165) is 23.2 Å². The number of carbonyl (C=O) groups is 1. The molecule has 0 spiro atoms. The lowest BCUT2D eigenvalue weighted by molar-refractivity contribution is -0.111. The SMILES string of the molecule is C=CC(=O)Nc1ccc(Cc2ccc(O)cc2)cc1. The third kappa shape index (κ3) is 3.71. The molecule has 2 N–H and O–H groups in total. The normalized spacial score (nSPS) is 9.89. The lowest BCUT2D eigenvalue weighted by Gasteiger charge is -2.05. The Morgan fingerprint density at radius 3 is 2.11 bits per heavy atom. The first kappa shape index (κ1) is 12.9. The summed E-state index contributed by atoms with van der Waals surface area (Å²) < 4.78 is 0. The lowest BCUT2D eigenvalue weighted by Crippen LogP contribution is -2.06. The number of phenolic OH excluding ortho intramolecular Hbond substituents is 1. The number of nitrogens with one attached hydrogen (secondary N) is 1. The van der Waals surface area contributed by atoms with Gasteiger partial charge in [0.25, 0.3) is 0 Å². The van der Waals surface area contributed by atoms with Crippen molar-refractivity contribution in [3.8, 4) is 5.75 Å². The molecule has 0 heterocycles. The predicted octanol–water partition coefficient (Wildman–Crippen LogP) is 3.11. The quantitative estimate of drug-likeness (QED) is 0.822. The molecule has 3 nitrogen and oxygen atoms in total. The molecular weight excluding hydrogens is 238 g/mol. The van der Waals surface area contributed by atoms with Gasteiger partial charge in [0.05, 0.1) is 0 Å². The van der Waals surface area contributed by atoms with Crippen molar-refractivity contribution in [2.45, 2.75) is 6.42 Å². The third-order valence-electron chi connectivity index (χ3n) is 2.75. The first-order valence-electron chi connectivity index (χ1n) is 5.97. The Balaban J connectivity index is 2.04. The van der Waals surface area contributed by atoms with Crippen LogP contribution in [-0.4, -0.2) is 11.0 Å². The summed E-state index contributed by atoms with van der Waals surface area (Å²) in [5.41, 5.74) is 3.02. The summed E-state index contributed by atoms with van der Waals surface area (Å²) >= 11 is 0. The Kier molecular flexibility index (Phi) is 3.98. The minimum absolute atomic E-state index is 0.216. The topological polar surface area (TPSA) is 49.3 Å². The number of phenols is 1. The Hall–Kier alpha value is -2.55. The second kappa shape index (κ2) is 5.87. The second-order valence-corrected chi connectivity index (χ2v) is 4.23. The first-order valence-corrected chi connectivity index (χ1v) is 5.97. The highest BCUT2D eigenvalue weighted by molar-refractivity contribution is 5.98. The van der Waals surface area contributed by atoms with Crippen LogP contribution in [-0.2, 0) is 11.2 Å². The number of hydrogen-bond donors (Lipinski definition) is 2. The molecule has 0 aliphatic carbocycles. The summed E-state index contributed by atoms with van der Waals surface area (Å²) in [7, 11) is 0. The highest BCUT2D eigenvalue weighted by Crippen LogP contribution is 2.16. The lowest BCUT2D eigenvalue weighted by atomic mass is 10.0. The molecule has 0 fully saturated rings. The molecule has 2 rings (SSSR count). The van der Waals surface area contributed by atoms with Gasteiger partial charge in [-0.05, 0) is 47.9 Å². The zero-order valence-electron chi connectivity index (χ0n) is 10.5. The van der Waals surface area contributed by atoms with E-state index in [0.29, 0.717) is 0 Å². The number of amides is 1. The summed E-state index contributed by atoms with van der Waals surface area (Å²) in [4.78, 5) is 11.1. The summed E-state index contributed by atoms with van der Waals surface area (Å²) in [5, 5.41) is 11.9. The summed E-state index contributed by atoms with van der Waals surface area (Å²) in [6.07, 6.45) is 2.03. The molecule has 0 saturated carbocycles. The van der Waals surface area contributed by atoms with Crippen LogP contribution in [0.2, 0.25) is 0 Å². The number of carbonyl (C=O) groups excluding carboxylic acids is 1. The van der Waals surface area contributed by atoms with Crippen LogP contribution in [0.1, 0.15) is 11.1 Å². The van der Waals surface area contributed by atoms with E-state index in [9.17, 15) is 9.90 Å². The van der Waals surface area contributed by atoms with E-state index in [1.54, 1.807) is 12.1 Å². The van der Waals surface area contributed by atoms with Crippen LogP contribution in [0.4, 0.5) is 5.69 Å². The van der Waals surface area contributed by atoms with Gasteiger partial charge in [0, 0.05) is 5.69 Å². The molecule has 0 aliphatic heterocycles. The minimum atomic E-state index is -0.216. The van der Waals surface area contributed by atoms with Gasteiger partial charge >= 0.3 is 0 Å². The summed E-state index contributed by atoms with van der Waals surface area (Å²) in [6, 6.07) is 14.8. The molecule has 0 atom stereocenters. The van der Waals surface area contributed by atoms with E-state index in [2.05, 4.69) is 11.9 Å². The summed E-state index contributed by atoms with van der Waals surface area (Å²) in [6.45, 7) is 3.40. The smallest absolute Gasteiger partial charge is 0.247 e. The first-order chi connectivity index (χ1) is 9.17. The molecule has 0 unspecified atom stereocenters. The molecular formula is C16H15NO2. The van der Waals surface area contributed by atoms with Crippen LogP contribution >= 0.6 is 0 Å². The van der Waals surface area contributed by atoms with Crippen LogP contribution in [0.15, 0.2) is 61.2 Å². The van der Waals surface area contributed by atoms with Gasteiger partial charge in [-0.3, -0.25) is 4.79 Å². The molecule has 19 heavy (non-hydrogen) atoms. The van der Waals surface area contributed by atoms with Crippen molar-refractivity contribution in [2.24, 2.45) is 0 Å². The number of anilines is 1. The van der Waals surface area contributed by atoms with E-state index in [-0.39, 0.29) is 11.7 Å². The van der Waals surface area contributed by atoms with Crippen LogP contribution < -0.4 is 5.32 Å². The monoisotopic (exact) mass is 253 g/mol. The third-order valence-corrected chi connectivity index (χ3v) is 2.75. The molecule has 1 amide bonds. The van der Waals surface area contributed by atoms with Gasteiger partial charge in [-0.15, -0.1) is 0 Å². The van der Waals surface area contributed by atoms with Gasteiger partial charge in [0.1, 0.15) is 5.75 Å². The number of benzene rings is 2. The van der Waals surface area contributed by atoms with Gasteiger partial charge in [-0.2, -0.15) is 0 Å². The summed E-state index contributed by atoms with van der Waals surface area (Å²) in [5.74, 6) is 0.0533. The molecule has 2 aromatic rings. The van der Waals surface area contributed by atoms with Crippen molar-refractivity contribution < 1.29 is 9.90 Å². The maximum atomic E-state index is 11.1. The highest BCUT2D eigenvalue weighted by atomic mass is 16.3. The largest absolute Gasteiger partial charge is 0.508 e. The van der Waals surface area contributed by atoms with Gasteiger partial charge in [0.2, 0.25) is 5.91 Å². The average molecular weight is 253 g/mol. The molecule has 96 valence electrons. The van der Waals surface area contributed by atoms with Crippen LogP contribution in [0.5, 0.6) is 5.75 Å². The standard InChI is InChI=1S/C16H15NO2/c1-2-16(19)17-14-7-3-12(4-8-14)11-13-5-9-15(18)10-6-13/h2-10,18H,1,11H2,(H,17,19). The fourth-order valence-electron chi connectivity index (χ4n) is 1.75. The molecule has 0 aromatic heterocycles. The van der Waals surface area contributed by atoms with Crippen LogP contribution in [0.3, 0.4) is 0 Å². The van der Waals surface area contributed by atoms with Crippen molar-refractivity contribution in [3.05, 3.63) is 72.3 Å². The van der Waals surface area contributed by atoms with Gasteiger partial charge in [-0.25, -0.2) is 0 Å². The molecule has 3 heteroatoms. The van der Waals surface area contributed by atoms with Gasteiger partial charge < -0.3 is 10.4 Å². The average Bonchev–Trinajstić information content (AvgIpc) is 2.43. The number of hydrogen-bond acceptors (Lipinski definition) is 2. The number of aromatic hydroxyl groups is 1. The minimum Gasteiger partial charge on any atom is -0.508 e. The van der Waals surface area contributed by atoms with Gasteiger partial charge in [0.15, 0.2) is 0 Å². The van der Waals surface area contributed by atoms with E-state index >= 15 is 0 Å². The van der Waals surface area contributed by atoms with Gasteiger partial charge in [-0.1, -0.05) is 30.8 Å². The van der Waals surface area contributed by atoms with Crippen LogP contribution in [0.25, 0.3) is 0 Å². The fraction of sp³-hybridized carbons (Fsp3) is 0.0625. The van der Waals surface area contributed by atoms with E-state index in [1.807, 2.05) is 36.4 Å². The van der Waals surface area contributed by atoms with Crippen molar-refractivity contribution >= 4 is 11.6 Å². The molecule has 2 aromatic carbocycles.